The predicted molar refractivity (Wildman–Crippen MR) is 98.2 cm³/mol. The molecule has 1 fully saturated rings. The van der Waals surface area contributed by atoms with Crippen molar-refractivity contribution in [3.8, 4) is 0 Å². The minimum Gasteiger partial charge on any atom is -0.353 e. The third-order valence-electron chi connectivity index (χ3n) is 4.07. The van der Waals surface area contributed by atoms with Crippen molar-refractivity contribution in [3.05, 3.63) is 47.8 Å². The lowest BCUT2D eigenvalue weighted by atomic mass is 10.3. The number of aromatic nitrogens is 2. The number of nitrogens with one attached hydrogen (secondary N) is 1. The number of piperazine rings is 1. The molecule has 0 atom stereocenters. The van der Waals surface area contributed by atoms with E-state index in [1.54, 1.807) is 12.3 Å². The summed E-state index contributed by atoms with van der Waals surface area (Å²) in [6.45, 7) is 4.23. The molecule has 9 heteroatoms. The highest BCUT2D eigenvalue weighted by molar-refractivity contribution is 7.80. The van der Waals surface area contributed by atoms with Crippen molar-refractivity contribution in [1.29, 1.82) is 0 Å². The Morgan fingerprint density at radius 1 is 1.15 bits per heavy atom. The highest BCUT2D eigenvalue weighted by Crippen LogP contribution is 2.29. The maximum atomic E-state index is 12.8. The Balaban J connectivity index is 1.60. The summed E-state index contributed by atoms with van der Waals surface area (Å²) in [5, 5.41) is 3.65. The van der Waals surface area contributed by atoms with Crippen LogP contribution < -0.4 is 10.2 Å². The first-order valence-corrected chi connectivity index (χ1v) is 8.51. The second-order valence-electron chi connectivity index (χ2n) is 6.00. The smallest absolute Gasteiger partial charge is 0.353 e. The molecule has 0 saturated carbocycles. The first-order chi connectivity index (χ1) is 12.3. The zero-order chi connectivity index (χ0) is 18.7. The Kier molecular flexibility index (Phi) is 5.26. The zero-order valence-electron chi connectivity index (χ0n) is 14.1. The van der Waals surface area contributed by atoms with Crippen molar-refractivity contribution >= 4 is 29.0 Å². The van der Waals surface area contributed by atoms with Crippen molar-refractivity contribution in [3.63, 3.8) is 0 Å². The summed E-state index contributed by atoms with van der Waals surface area (Å²) in [5.74, 6) is 1.01. The predicted octanol–water partition coefficient (Wildman–Crippen LogP) is 3.32. The Bertz CT molecular complexity index is 788. The van der Waals surface area contributed by atoms with E-state index in [0.29, 0.717) is 42.9 Å². The summed E-state index contributed by atoms with van der Waals surface area (Å²) in [6, 6.07) is 7.75. The van der Waals surface area contributed by atoms with Crippen LogP contribution in [0.5, 0.6) is 0 Å². The SMILES string of the molecule is Cc1ccnc(NC(=S)N2CCN(c3cccc(C(F)(F)F)n3)CC2)c1. The summed E-state index contributed by atoms with van der Waals surface area (Å²) >= 11 is 5.42. The van der Waals surface area contributed by atoms with E-state index in [1.165, 1.54) is 6.07 Å². The molecule has 1 aliphatic heterocycles. The molecule has 1 aliphatic rings. The Morgan fingerprint density at radius 2 is 1.88 bits per heavy atom. The molecule has 0 amide bonds. The van der Waals surface area contributed by atoms with E-state index in [0.717, 1.165) is 11.6 Å². The molecule has 138 valence electrons. The van der Waals surface area contributed by atoms with Crippen LogP contribution in [0.1, 0.15) is 11.3 Å². The second kappa shape index (κ2) is 7.45. The average Bonchev–Trinajstić information content (AvgIpc) is 2.61. The van der Waals surface area contributed by atoms with Crippen molar-refractivity contribution in [2.24, 2.45) is 0 Å². The van der Waals surface area contributed by atoms with Gasteiger partial charge < -0.3 is 15.1 Å². The molecular weight excluding hydrogens is 363 g/mol. The van der Waals surface area contributed by atoms with E-state index in [9.17, 15) is 13.2 Å². The number of halogens is 3. The number of hydrogen-bond donors (Lipinski definition) is 1. The molecule has 0 aromatic carbocycles. The van der Waals surface area contributed by atoms with Crippen LogP contribution in [0.3, 0.4) is 0 Å². The molecular formula is C17H18F3N5S. The molecule has 3 heterocycles. The fourth-order valence-corrected chi connectivity index (χ4v) is 2.98. The largest absolute Gasteiger partial charge is 0.433 e. The number of rotatable bonds is 2. The highest BCUT2D eigenvalue weighted by atomic mass is 32.1. The van der Waals surface area contributed by atoms with Gasteiger partial charge in [-0.1, -0.05) is 6.07 Å². The number of aryl methyl sites for hydroxylation is 1. The monoisotopic (exact) mass is 381 g/mol. The van der Waals surface area contributed by atoms with E-state index in [-0.39, 0.29) is 0 Å². The van der Waals surface area contributed by atoms with Gasteiger partial charge in [0.05, 0.1) is 0 Å². The number of anilines is 2. The quantitative estimate of drug-likeness (QED) is 0.806. The van der Waals surface area contributed by atoms with Crippen LogP contribution in [0.4, 0.5) is 24.8 Å². The molecule has 5 nitrogen and oxygen atoms in total. The summed E-state index contributed by atoms with van der Waals surface area (Å²) in [6.07, 6.45) is -2.73. The van der Waals surface area contributed by atoms with E-state index in [1.807, 2.05) is 28.9 Å². The van der Waals surface area contributed by atoms with Gasteiger partial charge in [0.1, 0.15) is 17.3 Å². The Morgan fingerprint density at radius 3 is 2.54 bits per heavy atom. The third-order valence-corrected chi connectivity index (χ3v) is 4.43. The van der Waals surface area contributed by atoms with Crippen LogP contribution in [0.2, 0.25) is 0 Å². The Labute approximate surface area is 154 Å². The normalized spacial score (nSPS) is 15.1. The van der Waals surface area contributed by atoms with Gasteiger partial charge >= 0.3 is 6.18 Å². The molecule has 1 saturated heterocycles. The molecule has 0 bridgehead atoms. The number of thiocarbonyl (C=S) groups is 1. The van der Waals surface area contributed by atoms with E-state index >= 15 is 0 Å². The van der Waals surface area contributed by atoms with Crippen molar-refractivity contribution < 1.29 is 13.2 Å². The number of nitrogens with zero attached hydrogens (tertiary/aromatic N) is 4. The second-order valence-corrected chi connectivity index (χ2v) is 6.39. The fraction of sp³-hybridized carbons (Fsp3) is 0.353. The van der Waals surface area contributed by atoms with Gasteiger partial charge in [-0.05, 0) is 49.0 Å². The molecule has 3 rings (SSSR count). The van der Waals surface area contributed by atoms with Gasteiger partial charge in [-0.15, -0.1) is 0 Å². The van der Waals surface area contributed by atoms with Crippen LogP contribution in [-0.4, -0.2) is 46.2 Å². The fourth-order valence-electron chi connectivity index (χ4n) is 2.69. The third kappa shape index (κ3) is 4.40. The van der Waals surface area contributed by atoms with Gasteiger partial charge in [0.25, 0.3) is 0 Å². The van der Waals surface area contributed by atoms with Crippen molar-refractivity contribution in [2.75, 3.05) is 36.4 Å². The zero-order valence-corrected chi connectivity index (χ0v) is 14.9. The molecule has 1 N–H and O–H groups in total. The first-order valence-electron chi connectivity index (χ1n) is 8.11. The Hall–Kier alpha value is -2.42. The van der Waals surface area contributed by atoms with Crippen LogP contribution in [0.25, 0.3) is 0 Å². The number of hydrogen-bond acceptors (Lipinski definition) is 4. The summed E-state index contributed by atoms with van der Waals surface area (Å²) in [4.78, 5) is 11.8. The van der Waals surface area contributed by atoms with E-state index in [2.05, 4.69) is 15.3 Å². The van der Waals surface area contributed by atoms with Crippen LogP contribution >= 0.6 is 12.2 Å². The summed E-state index contributed by atoms with van der Waals surface area (Å²) in [7, 11) is 0. The number of pyridine rings is 2. The molecule has 2 aromatic heterocycles. The van der Waals surface area contributed by atoms with E-state index in [4.69, 9.17) is 12.2 Å². The molecule has 0 spiro atoms. The number of alkyl halides is 3. The molecule has 0 aliphatic carbocycles. The maximum Gasteiger partial charge on any atom is 0.433 e. The minimum absolute atomic E-state index is 0.332. The van der Waals surface area contributed by atoms with Crippen LogP contribution in [-0.2, 0) is 6.18 Å². The standard InChI is InChI=1S/C17H18F3N5S/c1-12-5-6-21-14(11-12)23-16(26)25-9-7-24(8-10-25)15-4-2-3-13(22-15)17(18,19)20/h2-6,11H,7-10H2,1H3,(H,21,23,26). The summed E-state index contributed by atoms with van der Waals surface area (Å²) in [5.41, 5.74) is 0.200. The average molecular weight is 381 g/mol. The van der Waals surface area contributed by atoms with Gasteiger partial charge in [-0.25, -0.2) is 9.97 Å². The molecule has 0 radical (unpaired) electrons. The first kappa shape index (κ1) is 18.4. The molecule has 2 aromatic rings. The van der Waals surface area contributed by atoms with Crippen LogP contribution in [0, 0.1) is 6.92 Å². The molecule has 0 unspecified atom stereocenters. The van der Waals surface area contributed by atoms with Gasteiger partial charge in [0, 0.05) is 32.4 Å². The maximum absolute atomic E-state index is 12.8. The van der Waals surface area contributed by atoms with Crippen molar-refractivity contribution in [1.82, 2.24) is 14.9 Å². The lowest BCUT2D eigenvalue weighted by Crippen LogP contribution is -2.50. The molecule has 26 heavy (non-hydrogen) atoms. The van der Waals surface area contributed by atoms with Crippen LogP contribution in [0.15, 0.2) is 36.5 Å². The lowest BCUT2D eigenvalue weighted by Gasteiger charge is -2.36. The van der Waals surface area contributed by atoms with E-state index < -0.39 is 11.9 Å². The topological polar surface area (TPSA) is 44.3 Å². The van der Waals surface area contributed by atoms with Gasteiger partial charge in [-0.3, -0.25) is 0 Å². The van der Waals surface area contributed by atoms with Gasteiger partial charge in [0.2, 0.25) is 0 Å². The van der Waals surface area contributed by atoms with Gasteiger partial charge in [0.15, 0.2) is 5.11 Å². The minimum atomic E-state index is -4.44. The highest BCUT2D eigenvalue weighted by Gasteiger charge is 2.33. The lowest BCUT2D eigenvalue weighted by molar-refractivity contribution is -0.141. The summed E-state index contributed by atoms with van der Waals surface area (Å²) < 4.78 is 38.5. The van der Waals surface area contributed by atoms with Gasteiger partial charge in [-0.2, -0.15) is 13.2 Å². The van der Waals surface area contributed by atoms with Crippen molar-refractivity contribution in [2.45, 2.75) is 13.1 Å².